The molecule has 0 fully saturated rings. The Bertz CT molecular complexity index is 1150. The first-order valence-electron chi connectivity index (χ1n) is 10.4. The lowest BCUT2D eigenvalue weighted by atomic mass is 10.1. The summed E-state index contributed by atoms with van der Waals surface area (Å²) in [5, 5.41) is 4.07. The molecule has 1 N–H and O–H groups in total. The summed E-state index contributed by atoms with van der Waals surface area (Å²) in [7, 11) is 1.58. The van der Waals surface area contributed by atoms with Gasteiger partial charge in [0.25, 0.3) is 5.91 Å². The lowest BCUT2D eigenvalue weighted by Crippen LogP contribution is -2.39. The molecule has 7 heteroatoms. The summed E-state index contributed by atoms with van der Waals surface area (Å²) in [5.74, 6) is -1.07. The fourth-order valence-electron chi connectivity index (χ4n) is 3.08. The Morgan fingerprint density at radius 1 is 0.879 bits per heavy atom. The summed E-state index contributed by atoms with van der Waals surface area (Å²) in [5.41, 5.74) is 5.48. The van der Waals surface area contributed by atoms with Crippen LogP contribution in [0.1, 0.15) is 34.8 Å². The summed E-state index contributed by atoms with van der Waals surface area (Å²) in [4.78, 5) is 39.6. The normalized spacial score (nSPS) is 10.9. The zero-order chi connectivity index (χ0) is 23.8. The summed E-state index contributed by atoms with van der Waals surface area (Å²) in [6.45, 7) is 3.65. The van der Waals surface area contributed by atoms with Gasteiger partial charge in [-0.25, -0.2) is 10.3 Å². The maximum atomic E-state index is 13.1. The molecule has 0 bridgehead atoms. The SMILES string of the molecule is COc1ccc(/C(C)=N\NC(=O)CC(=O)N(C(=O)c2ccccc2)c2ccc(C)cc2)cc1. The molecule has 0 heterocycles. The van der Waals surface area contributed by atoms with Crippen LogP contribution < -0.4 is 15.1 Å². The Labute approximate surface area is 192 Å². The molecule has 3 aromatic carbocycles. The molecule has 3 amide bonds. The average molecular weight is 444 g/mol. The van der Waals surface area contributed by atoms with E-state index < -0.39 is 24.1 Å². The fourth-order valence-corrected chi connectivity index (χ4v) is 3.08. The highest BCUT2D eigenvalue weighted by Crippen LogP contribution is 2.19. The zero-order valence-corrected chi connectivity index (χ0v) is 18.7. The molecule has 0 atom stereocenters. The molecule has 0 spiro atoms. The third-order valence-electron chi connectivity index (χ3n) is 4.93. The van der Waals surface area contributed by atoms with Gasteiger partial charge in [-0.15, -0.1) is 0 Å². The molecule has 33 heavy (non-hydrogen) atoms. The van der Waals surface area contributed by atoms with Crippen molar-refractivity contribution in [2.45, 2.75) is 20.3 Å². The number of nitrogens with zero attached hydrogens (tertiary/aromatic N) is 2. The number of benzene rings is 3. The molecule has 0 saturated heterocycles. The number of ether oxygens (including phenoxy) is 1. The summed E-state index contributed by atoms with van der Waals surface area (Å²) >= 11 is 0. The second-order valence-electron chi connectivity index (χ2n) is 7.37. The molecule has 0 aliphatic rings. The van der Waals surface area contributed by atoms with Crippen LogP contribution >= 0.6 is 0 Å². The predicted octanol–water partition coefficient (Wildman–Crippen LogP) is 4.11. The Balaban J connectivity index is 1.74. The number of hydrogen-bond donors (Lipinski definition) is 1. The highest BCUT2D eigenvalue weighted by Gasteiger charge is 2.26. The van der Waals surface area contributed by atoms with Gasteiger partial charge in [-0.1, -0.05) is 35.9 Å². The fraction of sp³-hybridized carbons (Fsp3) is 0.154. The van der Waals surface area contributed by atoms with E-state index in [2.05, 4.69) is 10.5 Å². The van der Waals surface area contributed by atoms with Gasteiger partial charge in [0.2, 0.25) is 11.8 Å². The quantitative estimate of drug-likeness (QED) is 0.338. The summed E-state index contributed by atoms with van der Waals surface area (Å²) in [6, 6.07) is 22.6. The van der Waals surface area contributed by atoms with Gasteiger partial charge in [-0.3, -0.25) is 14.4 Å². The number of hydrogen-bond acceptors (Lipinski definition) is 5. The number of anilines is 1. The minimum absolute atomic E-state index is 0.347. The highest BCUT2D eigenvalue weighted by molar-refractivity contribution is 6.23. The number of hydrazone groups is 1. The Morgan fingerprint density at radius 2 is 1.52 bits per heavy atom. The second kappa shape index (κ2) is 10.9. The van der Waals surface area contributed by atoms with Crippen molar-refractivity contribution in [3.63, 3.8) is 0 Å². The van der Waals surface area contributed by atoms with Crippen molar-refractivity contribution >= 4 is 29.1 Å². The number of imide groups is 1. The van der Waals surface area contributed by atoms with Gasteiger partial charge in [-0.2, -0.15) is 5.10 Å². The number of carbonyl (C=O) groups is 3. The third kappa shape index (κ3) is 6.13. The van der Waals surface area contributed by atoms with E-state index in [0.717, 1.165) is 16.0 Å². The number of nitrogens with one attached hydrogen (secondary N) is 1. The molecule has 0 radical (unpaired) electrons. The monoisotopic (exact) mass is 443 g/mol. The summed E-state index contributed by atoms with van der Waals surface area (Å²) < 4.78 is 5.13. The van der Waals surface area contributed by atoms with E-state index in [1.54, 1.807) is 80.8 Å². The summed E-state index contributed by atoms with van der Waals surface area (Å²) in [6.07, 6.45) is -0.536. The van der Waals surface area contributed by atoms with Crippen LogP contribution in [0, 0.1) is 6.92 Å². The van der Waals surface area contributed by atoms with E-state index in [1.807, 2.05) is 19.1 Å². The van der Waals surface area contributed by atoms with E-state index in [9.17, 15) is 14.4 Å². The largest absolute Gasteiger partial charge is 0.497 e. The van der Waals surface area contributed by atoms with E-state index in [4.69, 9.17) is 4.74 Å². The molecule has 0 saturated carbocycles. The molecule has 3 aromatic rings. The van der Waals surface area contributed by atoms with Crippen molar-refractivity contribution in [1.29, 1.82) is 0 Å². The molecule has 7 nitrogen and oxygen atoms in total. The van der Waals surface area contributed by atoms with E-state index in [1.165, 1.54) is 0 Å². The Kier molecular flexibility index (Phi) is 7.70. The second-order valence-corrected chi connectivity index (χ2v) is 7.37. The maximum absolute atomic E-state index is 13.1. The number of methoxy groups -OCH3 is 1. The lowest BCUT2D eigenvalue weighted by Gasteiger charge is -2.21. The smallest absolute Gasteiger partial charge is 0.265 e. The maximum Gasteiger partial charge on any atom is 0.265 e. The molecule has 0 aliphatic heterocycles. The van der Waals surface area contributed by atoms with Crippen LogP contribution in [-0.4, -0.2) is 30.5 Å². The van der Waals surface area contributed by atoms with Gasteiger partial charge < -0.3 is 4.74 Å². The molecule has 3 rings (SSSR count). The lowest BCUT2D eigenvalue weighted by molar-refractivity contribution is -0.127. The van der Waals surface area contributed by atoms with Gasteiger partial charge in [0.15, 0.2) is 0 Å². The van der Waals surface area contributed by atoms with Gasteiger partial charge in [0.05, 0.1) is 18.5 Å². The van der Waals surface area contributed by atoms with Crippen molar-refractivity contribution in [3.05, 3.63) is 95.6 Å². The van der Waals surface area contributed by atoms with Crippen molar-refractivity contribution in [3.8, 4) is 5.75 Å². The van der Waals surface area contributed by atoms with Crippen molar-refractivity contribution in [1.82, 2.24) is 5.43 Å². The van der Waals surface area contributed by atoms with Crippen molar-refractivity contribution in [2.24, 2.45) is 5.10 Å². The van der Waals surface area contributed by atoms with E-state index in [-0.39, 0.29) is 0 Å². The first-order valence-corrected chi connectivity index (χ1v) is 10.4. The Hall–Kier alpha value is -4.26. The van der Waals surface area contributed by atoms with Crippen LogP contribution in [0.15, 0.2) is 84.0 Å². The molecule has 168 valence electrons. The van der Waals surface area contributed by atoms with Crippen molar-refractivity contribution in [2.75, 3.05) is 12.0 Å². The molecular formula is C26H25N3O4. The molecule has 0 unspecified atom stereocenters. The molecule has 0 aliphatic carbocycles. The van der Waals surface area contributed by atoms with Crippen LogP contribution in [0.5, 0.6) is 5.75 Å². The van der Waals surface area contributed by atoms with E-state index >= 15 is 0 Å². The number of carbonyl (C=O) groups excluding carboxylic acids is 3. The Morgan fingerprint density at radius 3 is 2.12 bits per heavy atom. The van der Waals surface area contributed by atoms with Crippen LogP contribution in [0.4, 0.5) is 5.69 Å². The van der Waals surface area contributed by atoms with Crippen LogP contribution in [0.25, 0.3) is 0 Å². The zero-order valence-electron chi connectivity index (χ0n) is 18.7. The molecular weight excluding hydrogens is 418 g/mol. The van der Waals surface area contributed by atoms with Gasteiger partial charge in [-0.05, 0) is 67.9 Å². The number of rotatable bonds is 7. The van der Waals surface area contributed by atoms with Crippen molar-refractivity contribution < 1.29 is 19.1 Å². The first kappa shape index (κ1) is 23.4. The van der Waals surface area contributed by atoms with Crippen LogP contribution in [-0.2, 0) is 9.59 Å². The van der Waals surface area contributed by atoms with Gasteiger partial charge >= 0.3 is 0 Å². The van der Waals surface area contributed by atoms with Crippen LogP contribution in [0.3, 0.4) is 0 Å². The standard InChI is InChI=1S/C26H25N3O4/c1-18-9-13-22(14-10-18)29(26(32)21-7-5-4-6-8-21)25(31)17-24(30)28-27-19(2)20-11-15-23(33-3)16-12-20/h4-16H,17H2,1-3H3,(H,28,30)/b27-19-. The van der Waals surface area contributed by atoms with Gasteiger partial charge in [0, 0.05) is 5.56 Å². The first-order chi connectivity index (χ1) is 15.9. The number of amides is 3. The van der Waals surface area contributed by atoms with Gasteiger partial charge in [0.1, 0.15) is 12.2 Å². The minimum atomic E-state index is -0.650. The number of aryl methyl sites for hydroxylation is 1. The third-order valence-corrected chi connectivity index (χ3v) is 4.93. The topological polar surface area (TPSA) is 88.1 Å². The minimum Gasteiger partial charge on any atom is -0.497 e. The molecule has 0 aromatic heterocycles. The highest BCUT2D eigenvalue weighted by atomic mass is 16.5. The van der Waals surface area contributed by atoms with E-state index in [0.29, 0.717) is 22.7 Å². The predicted molar refractivity (Wildman–Crippen MR) is 127 cm³/mol. The van der Waals surface area contributed by atoms with Crippen LogP contribution in [0.2, 0.25) is 0 Å². The average Bonchev–Trinajstić information content (AvgIpc) is 2.84.